The summed E-state index contributed by atoms with van der Waals surface area (Å²) in [5, 5.41) is 2.04. The van der Waals surface area contributed by atoms with Crippen molar-refractivity contribution in [3.63, 3.8) is 0 Å². The van der Waals surface area contributed by atoms with Crippen LogP contribution in [0.15, 0.2) is 35.8 Å². The first-order valence-corrected chi connectivity index (χ1v) is 11.0. The molecule has 0 heterocycles. The Morgan fingerprint density at radius 1 is 0.458 bits per heavy atom. The minimum absolute atomic E-state index is 0. The molecule has 0 spiro atoms. The maximum absolute atomic E-state index is 2.04. The molecule has 0 aromatic heterocycles. The van der Waals surface area contributed by atoms with Crippen LogP contribution in [0.2, 0.25) is 0 Å². The van der Waals surface area contributed by atoms with Gasteiger partial charge >= 0.3 is 0 Å². The van der Waals surface area contributed by atoms with Crippen LogP contribution in [0.1, 0.15) is 111 Å². The third-order valence-electron chi connectivity index (χ3n) is 0.768. The van der Waals surface area contributed by atoms with E-state index in [0.29, 0.717) is 0 Å². The molecule has 0 unspecified atom stereocenters. The van der Waals surface area contributed by atoms with Gasteiger partial charge in [-0.1, -0.05) is 121 Å². The summed E-state index contributed by atoms with van der Waals surface area (Å²) in [7, 11) is 0. The second-order valence-electron chi connectivity index (χ2n) is 1.76. The number of rotatable bonds is 2. The molecule has 0 amide bonds. The van der Waals surface area contributed by atoms with Gasteiger partial charge in [0.15, 0.2) is 0 Å². The van der Waals surface area contributed by atoms with Crippen LogP contribution in [0.3, 0.4) is 0 Å². The summed E-state index contributed by atoms with van der Waals surface area (Å²) in [5.74, 6) is 0. The molecule has 0 aliphatic rings. The highest BCUT2D eigenvalue weighted by molar-refractivity contribution is 8.01. The molecule has 0 nitrogen and oxygen atoms in total. The van der Waals surface area contributed by atoms with Crippen LogP contribution in [0.5, 0.6) is 0 Å². The van der Waals surface area contributed by atoms with Gasteiger partial charge in [0, 0.05) is 0 Å². The maximum Gasteiger partial charge on any atom is -0.0142 e. The summed E-state index contributed by atoms with van der Waals surface area (Å²) < 4.78 is 0. The Morgan fingerprint density at radius 3 is 0.708 bits per heavy atom. The van der Waals surface area contributed by atoms with Gasteiger partial charge < -0.3 is 0 Å². The van der Waals surface area contributed by atoms with Crippen molar-refractivity contribution in [2.24, 2.45) is 0 Å². The van der Waals surface area contributed by atoms with Crippen LogP contribution in [-0.2, 0) is 0 Å². The molecular weight excluding hydrogens is 308 g/mol. The number of allylic oxidation sites excluding steroid dienone is 5. The van der Waals surface area contributed by atoms with E-state index in [9.17, 15) is 0 Å². The molecule has 0 radical (unpaired) electrons. The summed E-state index contributed by atoms with van der Waals surface area (Å²) in [6.45, 7) is 30.0. The zero-order valence-corrected chi connectivity index (χ0v) is 20.7. The summed E-state index contributed by atoms with van der Waals surface area (Å²) in [4.78, 5) is 0. The van der Waals surface area contributed by atoms with Gasteiger partial charge in [-0.25, -0.2) is 0 Å². The fourth-order valence-electron chi connectivity index (χ4n) is 0.358. The molecule has 0 saturated carbocycles. The molecule has 0 N–H and O–H groups in total. The van der Waals surface area contributed by atoms with Crippen molar-refractivity contribution in [1.29, 1.82) is 0 Å². The van der Waals surface area contributed by atoms with Crippen molar-refractivity contribution in [1.82, 2.24) is 0 Å². The van der Waals surface area contributed by atoms with E-state index >= 15 is 0 Å². The summed E-state index contributed by atoms with van der Waals surface area (Å²) in [6, 6.07) is 0. The third kappa shape index (κ3) is 437. The Morgan fingerprint density at radius 2 is 0.667 bits per heavy atom. The Hall–Kier alpha value is -0.430. The van der Waals surface area contributed by atoms with Gasteiger partial charge in [0.05, 0.1) is 0 Å². The normalized spacial score (nSPS) is 6.50. The predicted octanol–water partition coefficient (Wildman–Crippen LogP) is 10.8. The minimum Gasteiger partial charge on any atom is -0.138 e. The maximum atomic E-state index is 2.04. The van der Waals surface area contributed by atoms with Crippen LogP contribution in [-0.4, -0.2) is 6.26 Å². The number of hydrogen-bond acceptors (Lipinski definition) is 1. The van der Waals surface area contributed by atoms with Crippen LogP contribution < -0.4 is 0 Å². The lowest BCUT2D eigenvalue weighted by atomic mass is 10.5. The molecular formula is C23H58S. The fraction of sp³-hybridized carbons (Fsp3) is 0.739. The van der Waals surface area contributed by atoms with E-state index in [-0.39, 0.29) is 7.43 Å². The average molecular weight is 367 g/mol. The van der Waals surface area contributed by atoms with E-state index in [1.165, 1.54) is 0 Å². The van der Waals surface area contributed by atoms with E-state index in [1.807, 2.05) is 146 Å². The van der Waals surface area contributed by atoms with Crippen molar-refractivity contribution in [2.45, 2.75) is 111 Å². The van der Waals surface area contributed by atoms with Crippen LogP contribution in [0, 0.1) is 0 Å². The molecule has 0 aromatic carbocycles. The molecule has 156 valence electrons. The van der Waals surface area contributed by atoms with Gasteiger partial charge in [0.1, 0.15) is 0 Å². The van der Waals surface area contributed by atoms with Crippen molar-refractivity contribution < 1.29 is 0 Å². The average Bonchev–Trinajstić information content (AvgIpc) is 2.71. The van der Waals surface area contributed by atoms with Crippen molar-refractivity contribution in [3.05, 3.63) is 35.8 Å². The summed E-state index contributed by atoms with van der Waals surface area (Å²) in [6.07, 6.45) is 12.1. The topological polar surface area (TPSA) is 0 Å². The van der Waals surface area contributed by atoms with Gasteiger partial charge in [-0.05, 0) is 32.4 Å². The summed E-state index contributed by atoms with van der Waals surface area (Å²) in [5.41, 5.74) is 0. The Bertz CT molecular complexity index is 112. The first kappa shape index (κ1) is 56.6. The van der Waals surface area contributed by atoms with E-state index < -0.39 is 0 Å². The van der Waals surface area contributed by atoms with E-state index in [0.717, 1.165) is 0 Å². The van der Waals surface area contributed by atoms with Crippen LogP contribution >= 0.6 is 11.8 Å². The first-order valence-electron chi connectivity index (χ1n) is 9.71. The van der Waals surface area contributed by atoms with E-state index in [2.05, 4.69) is 0 Å². The van der Waals surface area contributed by atoms with Gasteiger partial charge in [-0.15, -0.1) is 11.8 Å². The molecule has 0 aliphatic carbocycles. The summed E-state index contributed by atoms with van der Waals surface area (Å²) >= 11 is 1.72. The zero-order chi connectivity index (χ0) is 20.9. The second-order valence-corrected chi connectivity index (χ2v) is 2.50. The first-order chi connectivity index (χ1) is 11.3. The molecule has 0 rings (SSSR count). The molecule has 1 heteroatoms. The largest absolute Gasteiger partial charge is 0.138 e. The highest BCUT2D eigenvalue weighted by Gasteiger charge is 1.51. The smallest absolute Gasteiger partial charge is 0.0142 e. The SMILES string of the molecule is C.C/C=C\C=C/C.C/C=C\SC.CC.CC.CC.CC.CC.CC. The number of thioether (sulfide) groups is 1. The quantitative estimate of drug-likeness (QED) is 0.438. The van der Waals surface area contributed by atoms with E-state index in [1.54, 1.807) is 11.8 Å². The molecule has 0 bridgehead atoms. The molecule has 0 atom stereocenters. The Labute approximate surface area is 165 Å². The minimum atomic E-state index is 0. The lowest BCUT2D eigenvalue weighted by Gasteiger charge is -1.66. The van der Waals surface area contributed by atoms with Gasteiger partial charge in [0.2, 0.25) is 0 Å². The predicted molar refractivity (Wildman–Crippen MR) is 133 cm³/mol. The zero-order valence-electron chi connectivity index (χ0n) is 19.9. The Kier molecular flexibility index (Phi) is 573. The number of hydrogen-bond donors (Lipinski definition) is 0. The lowest BCUT2D eigenvalue weighted by Crippen LogP contribution is -1.40. The van der Waals surface area contributed by atoms with Crippen LogP contribution in [0.4, 0.5) is 0 Å². The van der Waals surface area contributed by atoms with Crippen molar-refractivity contribution >= 4 is 11.8 Å². The molecule has 0 saturated heterocycles. The van der Waals surface area contributed by atoms with Gasteiger partial charge in [-0.2, -0.15) is 0 Å². The lowest BCUT2D eigenvalue weighted by molar-refractivity contribution is 1.50. The Balaban J connectivity index is -0.0000000163. The molecule has 0 aromatic rings. The fourth-order valence-corrected chi connectivity index (χ4v) is 0.630. The molecule has 0 aliphatic heterocycles. The monoisotopic (exact) mass is 366 g/mol. The standard InChI is InChI=1S/C6H10.C4H8S.6C2H6.CH4/c1-3-5-6-4-2;1-3-4-5-2;6*1-2;/h3-6H,1-2H3;3-4H,1-2H3;6*1-2H3;1H4/b5-3-,6-4-;4-3-;;;;;;;. The van der Waals surface area contributed by atoms with Gasteiger partial charge in [0.25, 0.3) is 0 Å². The van der Waals surface area contributed by atoms with Crippen molar-refractivity contribution in [3.8, 4) is 0 Å². The highest BCUT2D eigenvalue weighted by atomic mass is 32.2. The van der Waals surface area contributed by atoms with Gasteiger partial charge in [-0.3, -0.25) is 0 Å². The van der Waals surface area contributed by atoms with E-state index in [4.69, 9.17) is 0 Å². The molecule has 0 fully saturated rings. The third-order valence-corrected chi connectivity index (χ3v) is 1.31. The molecule has 24 heavy (non-hydrogen) atoms. The second kappa shape index (κ2) is 243. The highest BCUT2D eigenvalue weighted by Crippen LogP contribution is 1.89. The van der Waals surface area contributed by atoms with Crippen LogP contribution in [0.25, 0.3) is 0 Å². The van der Waals surface area contributed by atoms with Crippen molar-refractivity contribution in [2.75, 3.05) is 6.26 Å².